The molecule has 1 fully saturated rings. The van der Waals surface area contributed by atoms with Crippen molar-refractivity contribution >= 4 is 28.8 Å². The van der Waals surface area contributed by atoms with E-state index in [0.717, 1.165) is 27.7 Å². The van der Waals surface area contributed by atoms with Gasteiger partial charge in [0.1, 0.15) is 29.5 Å². The molecule has 5 rings (SSSR count). The van der Waals surface area contributed by atoms with Crippen molar-refractivity contribution in [2.24, 2.45) is 0 Å². The molecule has 4 N–H and O–H groups in total. The van der Waals surface area contributed by atoms with Gasteiger partial charge in [0.25, 0.3) is 0 Å². The van der Waals surface area contributed by atoms with Gasteiger partial charge in [-0.3, -0.25) is 9.59 Å². The summed E-state index contributed by atoms with van der Waals surface area (Å²) in [6.45, 7) is 1.93. The van der Waals surface area contributed by atoms with Gasteiger partial charge >= 0.3 is 0 Å². The van der Waals surface area contributed by atoms with Crippen LogP contribution in [0.3, 0.4) is 0 Å². The molecule has 1 aliphatic heterocycles. The number of carbonyl (C=O) groups is 2. The van der Waals surface area contributed by atoms with Crippen LogP contribution < -0.4 is 20.7 Å². The lowest BCUT2D eigenvalue weighted by molar-refractivity contribution is -0.133. The van der Waals surface area contributed by atoms with E-state index in [0.29, 0.717) is 51.3 Å². The van der Waals surface area contributed by atoms with Crippen molar-refractivity contribution in [2.75, 3.05) is 19.6 Å². The Morgan fingerprint density at radius 2 is 1.66 bits per heavy atom. The maximum Gasteiger partial charge on any atom is 0.245 e. The van der Waals surface area contributed by atoms with Crippen LogP contribution in [0.15, 0.2) is 78.9 Å². The SMILES string of the molecule is O=C(/C=C/c1ccc(OCc2ccc(F)cc2)cc1)NC1(C(=O)NCCc2cc3cc(F)ccc3[nH]2)CCNCC1. The third kappa shape index (κ3) is 7.37. The largest absolute Gasteiger partial charge is 0.489 e. The summed E-state index contributed by atoms with van der Waals surface area (Å²) in [6, 6.07) is 19.8. The first-order valence-electron chi connectivity index (χ1n) is 13.6. The normalized spacial score (nSPS) is 14.7. The Hall–Kier alpha value is -4.50. The number of aromatic nitrogens is 1. The number of ether oxygens (including phenoxy) is 1. The molecule has 212 valence electrons. The lowest BCUT2D eigenvalue weighted by Crippen LogP contribution is -2.62. The summed E-state index contributed by atoms with van der Waals surface area (Å²) >= 11 is 0. The molecule has 2 amide bonds. The minimum atomic E-state index is -1.01. The highest BCUT2D eigenvalue weighted by Crippen LogP contribution is 2.21. The molecule has 1 aromatic heterocycles. The molecule has 7 nitrogen and oxygen atoms in total. The van der Waals surface area contributed by atoms with Gasteiger partial charge in [-0.1, -0.05) is 24.3 Å². The van der Waals surface area contributed by atoms with E-state index in [1.54, 1.807) is 36.4 Å². The van der Waals surface area contributed by atoms with E-state index in [9.17, 15) is 18.4 Å². The summed E-state index contributed by atoms with van der Waals surface area (Å²) in [6.07, 6.45) is 4.61. The predicted molar refractivity (Wildman–Crippen MR) is 154 cm³/mol. The number of fused-ring (bicyclic) bond motifs is 1. The Balaban J connectivity index is 1.14. The number of hydrogen-bond donors (Lipinski definition) is 4. The molecule has 4 aromatic rings. The summed E-state index contributed by atoms with van der Waals surface area (Å²) in [4.78, 5) is 29.4. The fourth-order valence-corrected chi connectivity index (χ4v) is 4.91. The van der Waals surface area contributed by atoms with Crippen molar-refractivity contribution < 1.29 is 23.1 Å². The van der Waals surface area contributed by atoms with Gasteiger partial charge < -0.3 is 25.7 Å². The number of H-pyrrole nitrogens is 1. The van der Waals surface area contributed by atoms with Crippen LogP contribution in [0.5, 0.6) is 5.75 Å². The molecule has 0 spiro atoms. The second-order valence-electron chi connectivity index (χ2n) is 10.2. The average molecular weight is 559 g/mol. The molecule has 3 aromatic carbocycles. The van der Waals surface area contributed by atoms with Crippen LogP contribution in [-0.4, -0.2) is 42.0 Å². The van der Waals surface area contributed by atoms with Crippen LogP contribution in [0.1, 0.15) is 29.7 Å². The molecule has 0 unspecified atom stereocenters. The zero-order valence-electron chi connectivity index (χ0n) is 22.5. The third-order valence-corrected chi connectivity index (χ3v) is 7.20. The number of aromatic amines is 1. The van der Waals surface area contributed by atoms with E-state index in [1.807, 2.05) is 18.2 Å². The van der Waals surface area contributed by atoms with Crippen LogP contribution in [0, 0.1) is 11.6 Å². The Morgan fingerprint density at radius 3 is 2.41 bits per heavy atom. The van der Waals surface area contributed by atoms with E-state index >= 15 is 0 Å². The molecule has 0 atom stereocenters. The molecule has 1 aliphatic rings. The molecule has 0 bridgehead atoms. The van der Waals surface area contributed by atoms with E-state index < -0.39 is 5.54 Å². The summed E-state index contributed by atoms with van der Waals surface area (Å²) in [5.74, 6) is -0.497. The third-order valence-electron chi connectivity index (χ3n) is 7.20. The fourth-order valence-electron chi connectivity index (χ4n) is 4.91. The Kier molecular flexibility index (Phi) is 8.74. The standard InChI is InChI=1S/C32H32F2N4O3/c33-25-6-1-23(2-7-25)21-41-28-9-3-22(4-10-28)5-12-30(39)38-32(14-17-35-18-15-32)31(40)36-16-13-27-20-24-19-26(34)8-11-29(24)37-27/h1-12,19-20,35,37H,13-18,21H2,(H,36,40)(H,38,39)/b12-5+. The van der Waals surface area contributed by atoms with E-state index in [4.69, 9.17) is 4.74 Å². The number of nitrogens with one attached hydrogen (secondary N) is 4. The van der Waals surface area contributed by atoms with E-state index in [2.05, 4.69) is 20.9 Å². The average Bonchev–Trinajstić information content (AvgIpc) is 3.38. The highest BCUT2D eigenvalue weighted by Gasteiger charge is 2.40. The number of halogens is 2. The van der Waals surface area contributed by atoms with Gasteiger partial charge in [-0.25, -0.2) is 8.78 Å². The highest BCUT2D eigenvalue weighted by atomic mass is 19.1. The second kappa shape index (κ2) is 12.8. The van der Waals surface area contributed by atoms with Gasteiger partial charge in [-0.15, -0.1) is 0 Å². The maximum absolute atomic E-state index is 13.5. The molecular formula is C32H32F2N4O3. The van der Waals surface area contributed by atoms with Crippen LogP contribution in [0.2, 0.25) is 0 Å². The van der Waals surface area contributed by atoms with Crippen molar-refractivity contribution in [3.05, 3.63) is 107 Å². The van der Waals surface area contributed by atoms with E-state index in [-0.39, 0.29) is 23.4 Å². The monoisotopic (exact) mass is 558 g/mol. The van der Waals surface area contributed by atoms with Crippen LogP contribution >= 0.6 is 0 Å². The van der Waals surface area contributed by atoms with Gasteiger partial charge in [0.15, 0.2) is 0 Å². The molecule has 41 heavy (non-hydrogen) atoms. The smallest absolute Gasteiger partial charge is 0.245 e. The Bertz CT molecular complexity index is 1530. The van der Waals surface area contributed by atoms with Gasteiger partial charge in [0, 0.05) is 35.6 Å². The molecule has 9 heteroatoms. The molecule has 1 saturated heterocycles. The number of piperidine rings is 1. The number of hydrogen-bond acceptors (Lipinski definition) is 4. The minimum Gasteiger partial charge on any atom is -0.489 e. The Labute approximate surface area is 237 Å². The van der Waals surface area contributed by atoms with Gasteiger partial charge in [-0.05, 0) is 91.7 Å². The lowest BCUT2D eigenvalue weighted by Gasteiger charge is -2.36. The van der Waals surface area contributed by atoms with Crippen LogP contribution in [0.4, 0.5) is 8.78 Å². The van der Waals surface area contributed by atoms with Crippen molar-refractivity contribution in [3.8, 4) is 5.75 Å². The Morgan fingerprint density at radius 1 is 0.927 bits per heavy atom. The predicted octanol–water partition coefficient (Wildman–Crippen LogP) is 4.64. The summed E-state index contributed by atoms with van der Waals surface area (Å²) in [5.41, 5.74) is 2.39. The number of carbonyl (C=O) groups excluding carboxylic acids is 2. The minimum absolute atomic E-state index is 0.217. The number of amides is 2. The van der Waals surface area contributed by atoms with E-state index in [1.165, 1.54) is 30.3 Å². The first-order valence-corrected chi connectivity index (χ1v) is 13.6. The molecule has 0 radical (unpaired) electrons. The van der Waals surface area contributed by atoms with Gasteiger partial charge in [0.2, 0.25) is 11.8 Å². The summed E-state index contributed by atoms with van der Waals surface area (Å²) < 4.78 is 32.3. The maximum atomic E-state index is 13.5. The number of benzene rings is 3. The quantitative estimate of drug-likeness (QED) is 0.214. The lowest BCUT2D eigenvalue weighted by atomic mass is 9.87. The molecule has 0 aliphatic carbocycles. The van der Waals surface area contributed by atoms with Crippen molar-refractivity contribution in [3.63, 3.8) is 0 Å². The first kappa shape index (κ1) is 28.0. The van der Waals surface area contributed by atoms with Crippen molar-refractivity contribution in [1.29, 1.82) is 0 Å². The molecule has 0 saturated carbocycles. The van der Waals surface area contributed by atoms with Gasteiger partial charge in [-0.2, -0.15) is 0 Å². The van der Waals surface area contributed by atoms with Gasteiger partial charge in [0.05, 0.1) is 0 Å². The molecule has 2 heterocycles. The zero-order chi connectivity index (χ0) is 28.7. The van der Waals surface area contributed by atoms with Crippen molar-refractivity contribution in [1.82, 2.24) is 20.9 Å². The summed E-state index contributed by atoms with van der Waals surface area (Å²) in [7, 11) is 0. The van der Waals surface area contributed by atoms with Crippen molar-refractivity contribution in [2.45, 2.75) is 31.4 Å². The number of rotatable bonds is 10. The van der Waals surface area contributed by atoms with Crippen LogP contribution in [-0.2, 0) is 22.6 Å². The highest BCUT2D eigenvalue weighted by molar-refractivity contribution is 5.97. The topological polar surface area (TPSA) is 95.2 Å². The second-order valence-corrected chi connectivity index (χ2v) is 10.2. The first-order chi connectivity index (χ1) is 19.9. The summed E-state index contributed by atoms with van der Waals surface area (Å²) in [5, 5.41) is 9.96. The zero-order valence-corrected chi connectivity index (χ0v) is 22.5. The van der Waals surface area contributed by atoms with Crippen LogP contribution in [0.25, 0.3) is 17.0 Å². The molecular weight excluding hydrogens is 526 g/mol. The fraction of sp³-hybridized carbons (Fsp3) is 0.250.